The zero-order valence-electron chi connectivity index (χ0n) is 16.1. The predicted octanol–water partition coefficient (Wildman–Crippen LogP) is 1.65. The maximum absolute atomic E-state index is 2.44. The standard InChI is InChI=1S/2C7H7.2C6H4.2Sb/c2*1-7-5-3-2-4-6-7;2*1-2-4-6-5-3-1;;/h2*3-6H,1H3;2*1-4H;;. The molecule has 0 amide bonds. The molecule has 2 heteroatoms. The third kappa shape index (κ3) is 3.26. The van der Waals surface area contributed by atoms with Crippen molar-refractivity contribution in [1.82, 2.24) is 0 Å². The average molecular weight is 578 g/mol. The summed E-state index contributed by atoms with van der Waals surface area (Å²) in [7, 11) is 0. The molecule has 1 heterocycles. The molecule has 1 aliphatic rings. The van der Waals surface area contributed by atoms with E-state index in [0.29, 0.717) is 0 Å². The van der Waals surface area contributed by atoms with E-state index in [9.17, 15) is 0 Å². The van der Waals surface area contributed by atoms with Crippen LogP contribution in [0, 0.1) is 13.8 Å². The number of aryl methyl sites for hydroxylation is 2. The SMILES string of the molecule is Cc1cc[c]([Sb]2[c]3cccc[c]3[Sb]([c]3ccc(C)cc3)[c]3cccc[c]32)cc1. The second-order valence-corrected chi connectivity index (χ2v) is 19.6. The Morgan fingerprint density at radius 2 is 0.679 bits per heavy atom. The fraction of sp³-hybridized carbons (Fsp3) is 0.0769. The molecule has 0 fully saturated rings. The first-order valence-corrected chi connectivity index (χ1v) is 17.3. The molecule has 0 spiro atoms. The van der Waals surface area contributed by atoms with Gasteiger partial charge in [0.05, 0.1) is 0 Å². The van der Waals surface area contributed by atoms with Crippen LogP contribution in [0.25, 0.3) is 0 Å². The molecule has 0 aliphatic carbocycles. The van der Waals surface area contributed by atoms with E-state index in [2.05, 4.69) is 111 Å². The van der Waals surface area contributed by atoms with Crippen molar-refractivity contribution in [3.8, 4) is 0 Å². The Kier molecular flexibility index (Phi) is 5.12. The average Bonchev–Trinajstić information content (AvgIpc) is 2.74. The van der Waals surface area contributed by atoms with Gasteiger partial charge in [-0.05, 0) is 0 Å². The van der Waals surface area contributed by atoms with Crippen LogP contribution in [0.4, 0.5) is 0 Å². The van der Waals surface area contributed by atoms with Crippen molar-refractivity contribution < 1.29 is 0 Å². The van der Waals surface area contributed by atoms with Gasteiger partial charge >= 0.3 is 184 Å². The quantitative estimate of drug-likeness (QED) is 0.280. The first-order chi connectivity index (χ1) is 13.7. The Bertz CT molecular complexity index is 989. The van der Waals surface area contributed by atoms with Gasteiger partial charge < -0.3 is 0 Å². The molecule has 0 bridgehead atoms. The Morgan fingerprint density at radius 3 is 0.964 bits per heavy atom. The summed E-state index contributed by atoms with van der Waals surface area (Å²) in [6, 6.07) is 37.5. The van der Waals surface area contributed by atoms with E-state index in [-0.39, 0.29) is 0 Å². The first kappa shape index (κ1) is 18.5. The van der Waals surface area contributed by atoms with Crippen LogP contribution in [-0.2, 0) is 0 Å². The molecule has 4 aromatic carbocycles. The van der Waals surface area contributed by atoms with Crippen LogP contribution in [0.15, 0.2) is 97.1 Å². The third-order valence-corrected chi connectivity index (χ3v) is 23.0. The van der Waals surface area contributed by atoms with Gasteiger partial charge in [-0.3, -0.25) is 0 Å². The van der Waals surface area contributed by atoms with E-state index in [1.54, 1.807) is 21.1 Å². The van der Waals surface area contributed by atoms with E-state index < -0.39 is 40.4 Å². The molecule has 0 nitrogen and oxygen atoms in total. The number of rotatable bonds is 2. The van der Waals surface area contributed by atoms with E-state index in [4.69, 9.17) is 0 Å². The molecule has 0 unspecified atom stereocenters. The van der Waals surface area contributed by atoms with E-state index in [1.165, 1.54) is 11.1 Å². The summed E-state index contributed by atoms with van der Waals surface area (Å²) < 4.78 is 9.93. The molecule has 1 aliphatic heterocycles. The van der Waals surface area contributed by atoms with Crippen molar-refractivity contribution in [3.05, 3.63) is 108 Å². The number of fused-ring (bicyclic) bond motifs is 2. The summed E-state index contributed by atoms with van der Waals surface area (Å²) >= 11 is -3.98. The molecule has 0 saturated carbocycles. The molecule has 0 N–H and O–H groups in total. The Hall–Kier alpha value is -1.48. The molecule has 0 radical (unpaired) electrons. The zero-order valence-corrected chi connectivity index (χ0v) is 21.2. The number of hydrogen-bond donors (Lipinski definition) is 0. The molecule has 0 atom stereocenters. The van der Waals surface area contributed by atoms with Gasteiger partial charge in [0.2, 0.25) is 0 Å². The minimum atomic E-state index is -1.99. The zero-order chi connectivity index (χ0) is 19.1. The van der Waals surface area contributed by atoms with Crippen LogP contribution in [0.2, 0.25) is 0 Å². The molecular weight excluding hydrogens is 556 g/mol. The normalized spacial score (nSPS) is 13.8. The van der Waals surface area contributed by atoms with Gasteiger partial charge in [0.15, 0.2) is 0 Å². The molecule has 5 rings (SSSR count). The van der Waals surface area contributed by atoms with Crippen molar-refractivity contribution in [2.24, 2.45) is 0 Å². The molecule has 0 saturated heterocycles. The Labute approximate surface area is 182 Å². The van der Waals surface area contributed by atoms with Crippen LogP contribution in [0.1, 0.15) is 11.1 Å². The summed E-state index contributed by atoms with van der Waals surface area (Å²) in [5, 5.41) is 0. The van der Waals surface area contributed by atoms with Crippen molar-refractivity contribution in [3.63, 3.8) is 0 Å². The van der Waals surface area contributed by atoms with Crippen molar-refractivity contribution >= 4 is 61.5 Å². The van der Waals surface area contributed by atoms with E-state index in [1.807, 2.05) is 0 Å². The van der Waals surface area contributed by atoms with Crippen LogP contribution < -0.4 is 21.1 Å². The van der Waals surface area contributed by atoms with Gasteiger partial charge in [0.25, 0.3) is 0 Å². The van der Waals surface area contributed by atoms with Crippen molar-refractivity contribution in [2.75, 3.05) is 0 Å². The Morgan fingerprint density at radius 1 is 0.393 bits per heavy atom. The molecular formula is C26H22Sb2. The van der Waals surface area contributed by atoms with Crippen LogP contribution in [-0.4, -0.2) is 40.4 Å². The third-order valence-electron chi connectivity index (χ3n) is 5.31. The molecule has 4 aromatic rings. The second kappa shape index (κ2) is 7.74. The van der Waals surface area contributed by atoms with E-state index >= 15 is 0 Å². The molecule has 136 valence electrons. The molecule has 28 heavy (non-hydrogen) atoms. The molecule has 0 aromatic heterocycles. The summed E-state index contributed by atoms with van der Waals surface area (Å²) in [5.74, 6) is 0. The summed E-state index contributed by atoms with van der Waals surface area (Å²) in [6.07, 6.45) is 0. The number of hydrogen-bond acceptors (Lipinski definition) is 0. The summed E-state index contributed by atoms with van der Waals surface area (Å²) in [6.45, 7) is 4.36. The minimum absolute atomic E-state index is 1.35. The Balaban J connectivity index is 1.76. The predicted molar refractivity (Wildman–Crippen MR) is 125 cm³/mol. The van der Waals surface area contributed by atoms with Gasteiger partial charge in [-0.1, -0.05) is 0 Å². The van der Waals surface area contributed by atoms with Crippen LogP contribution >= 0.6 is 0 Å². The van der Waals surface area contributed by atoms with Crippen LogP contribution in [0.5, 0.6) is 0 Å². The monoisotopic (exact) mass is 576 g/mol. The van der Waals surface area contributed by atoms with Gasteiger partial charge in [-0.25, -0.2) is 0 Å². The fourth-order valence-corrected chi connectivity index (χ4v) is 24.9. The van der Waals surface area contributed by atoms with Crippen molar-refractivity contribution in [1.29, 1.82) is 0 Å². The maximum atomic E-state index is 2.44. The topological polar surface area (TPSA) is 0 Å². The fourth-order valence-electron chi connectivity index (χ4n) is 3.89. The summed E-state index contributed by atoms with van der Waals surface area (Å²) in [5.41, 5.74) is 2.69. The van der Waals surface area contributed by atoms with Gasteiger partial charge in [0, 0.05) is 0 Å². The van der Waals surface area contributed by atoms with Gasteiger partial charge in [-0.15, -0.1) is 0 Å². The van der Waals surface area contributed by atoms with E-state index in [0.717, 1.165) is 0 Å². The first-order valence-electron chi connectivity index (χ1n) is 9.64. The van der Waals surface area contributed by atoms with Crippen molar-refractivity contribution in [2.45, 2.75) is 13.8 Å². The van der Waals surface area contributed by atoms with Gasteiger partial charge in [-0.2, -0.15) is 0 Å². The second-order valence-electron chi connectivity index (χ2n) is 7.32. The summed E-state index contributed by atoms with van der Waals surface area (Å²) in [4.78, 5) is 0. The van der Waals surface area contributed by atoms with Gasteiger partial charge in [0.1, 0.15) is 0 Å². The van der Waals surface area contributed by atoms with Crippen LogP contribution in [0.3, 0.4) is 0 Å². The number of benzene rings is 4.